The van der Waals surface area contributed by atoms with Gasteiger partial charge in [0.15, 0.2) is 15.8 Å². The molecule has 0 amide bonds. The van der Waals surface area contributed by atoms with E-state index in [0.29, 0.717) is 0 Å². The minimum atomic E-state index is -7.40. The summed E-state index contributed by atoms with van der Waals surface area (Å²) >= 11 is 0. The summed E-state index contributed by atoms with van der Waals surface area (Å²) in [7, 11) is -5.47. The number of hydrogen-bond acceptors (Lipinski definition) is 4. The van der Waals surface area contributed by atoms with Crippen LogP contribution in [0.3, 0.4) is 0 Å². The van der Waals surface area contributed by atoms with Gasteiger partial charge < -0.3 is 0 Å². The Kier molecular flexibility index (Phi) is 30.3. The number of hydrogen-bond donors (Lipinski definition) is 0. The summed E-state index contributed by atoms with van der Waals surface area (Å²) in [6.45, 7) is 0. The van der Waals surface area contributed by atoms with Crippen LogP contribution in [0.15, 0.2) is 0 Å². The third kappa shape index (κ3) is 21.6. The lowest BCUT2D eigenvalue weighted by molar-refractivity contribution is -0.472. The molecule has 1 unspecified atom stereocenters. The van der Waals surface area contributed by atoms with Crippen LogP contribution in [0.1, 0.15) is 0 Å². The second-order valence-electron chi connectivity index (χ2n) is 4.63. The van der Waals surface area contributed by atoms with Crippen molar-refractivity contribution in [3.8, 4) is 0 Å². The quantitative estimate of drug-likeness (QED) is 0.250. The lowest BCUT2D eigenvalue weighted by atomic mass is 10.2. The number of carbonyl (C=O) groups excluding carboxylic acids is 1. The smallest absolute Gasteiger partial charge is 0.292 e. The van der Waals surface area contributed by atoms with E-state index in [2.05, 4.69) is 0 Å². The first-order chi connectivity index (χ1) is 17.6. The van der Waals surface area contributed by atoms with E-state index in [-0.39, 0.29) is 0 Å². The van der Waals surface area contributed by atoms with E-state index >= 15 is 0 Å². The van der Waals surface area contributed by atoms with Crippen LogP contribution < -0.4 is 0 Å². The number of ketones is 1. The van der Waals surface area contributed by atoms with Crippen LogP contribution in [0.2, 0.25) is 0 Å². The molecule has 0 fully saturated rings. The number of rotatable bonds is 7. The van der Waals surface area contributed by atoms with Gasteiger partial charge in [-0.25, -0.2) is 12.8 Å². The van der Waals surface area contributed by atoms with Gasteiger partial charge >= 0.3 is 36.7 Å². The Labute approximate surface area is 199 Å². The van der Waals surface area contributed by atoms with Crippen LogP contribution in [-0.2, 0) is 19.4 Å². The summed E-state index contributed by atoms with van der Waals surface area (Å²) in [5.74, 6) is -20.4. The van der Waals surface area contributed by atoms with E-state index < -0.39 is 64.0 Å². The maximum Gasteiger partial charge on any atom is 0.559 e. The molecule has 0 heterocycles. The fourth-order valence-electron chi connectivity index (χ4n) is 1.01. The van der Waals surface area contributed by atoms with Crippen LogP contribution >= 0.6 is 0 Å². The third-order valence-electron chi connectivity index (χ3n) is 2.23. The molecule has 1 atom stereocenters. The molecule has 0 bridgehead atoms. The molecule has 0 aliphatic carbocycles. The van der Waals surface area contributed by atoms with Crippen LogP contribution in [-0.4, -0.2) is 62.6 Å². The zero-order chi connectivity index (χ0) is 35.2. The molecular weight excluding hydrogens is 698 g/mol. The fourth-order valence-corrected chi connectivity index (χ4v) is 1.67. The second kappa shape index (κ2) is 22.4. The summed E-state index contributed by atoms with van der Waals surface area (Å²) in [4.78, 5) is 10.9. The Hall–Kier alpha value is -2.24. The molecule has 0 aliphatic rings. The van der Waals surface area contributed by atoms with Crippen molar-refractivity contribution in [1.29, 1.82) is 0 Å². The molecule has 0 aromatic carbocycles. The first-order valence-corrected chi connectivity index (χ1v) is 8.51. The summed E-state index contributed by atoms with van der Waals surface area (Å²) in [6, 6.07) is -2.60. The number of alkyl halides is 16. The molecular formula is C9H4F26O4S. The van der Waals surface area contributed by atoms with Crippen molar-refractivity contribution in [1.82, 2.24) is 0 Å². The molecule has 4 nitrogen and oxygen atoms in total. The molecule has 0 saturated carbocycles. The molecule has 0 aromatic rings. The zero-order valence-corrected chi connectivity index (χ0v) is 17.6. The molecule has 0 aromatic heterocycles. The highest BCUT2D eigenvalue weighted by Crippen LogP contribution is 2.51. The third-order valence-corrected chi connectivity index (χ3v) is 3.27. The predicted octanol–water partition coefficient (Wildman–Crippen LogP) is 8.61. The van der Waals surface area contributed by atoms with Gasteiger partial charge in [0.1, 0.15) is 5.75 Å². The minimum Gasteiger partial charge on any atom is -0.292 e. The Bertz CT molecular complexity index is 690. The Morgan fingerprint density at radius 2 is 0.800 bits per heavy atom. The molecule has 31 heteroatoms. The van der Waals surface area contributed by atoms with E-state index in [9.17, 15) is 83.5 Å². The number of carbonyl (C=O) groups is 1. The van der Waals surface area contributed by atoms with Crippen molar-refractivity contribution < 1.29 is 134 Å². The van der Waals surface area contributed by atoms with E-state index in [1.807, 2.05) is 0 Å². The van der Waals surface area contributed by atoms with Crippen LogP contribution in [0.5, 0.6) is 0 Å². The van der Waals surface area contributed by atoms with E-state index in [1.54, 1.807) is 4.74 Å². The monoisotopic (exact) mass is 702 g/mol. The summed E-state index contributed by atoms with van der Waals surface area (Å²) in [6.07, 6.45) is -27.0. The molecule has 0 radical (unpaired) electrons. The van der Waals surface area contributed by atoms with Gasteiger partial charge in [0.25, 0.3) is 0 Å². The van der Waals surface area contributed by atoms with Gasteiger partial charge in [0.2, 0.25) is 5.78 Å². The van der Waals surface area contributed by atoms with E-state index in [1.165, 1.54) is 0 Å². The highest BCUT2D eigenvalue weighted by Gasteiger charge is 2.79. The first kappa shape index (κ1) is 53.9. The summed E-state index contributed by atoms with van der Waals surface area (Å²) in [5, 5.41) is 0. The zero-order valence-electron chi connectivity index (χ0n) is 16.8. The van der Waals surface area contributed by atoms with Gasteiger partial charge in [-0.1, -0.05) is 0 Å². The average molecular weight is 702 g/mol. The average Bonchev–Trinajstić information content (AvgIpc) is 2.82. The number of ether oxygens (including phenoxy) is 1. The largest absolute Gasteiger partial charge is 0.559 e. The van der Waals surface area contributed by atoms with E-state index in [4.69, 9.17) is 45.7 Å². The van der Waals surface area contributed by atoms with Crippen molar-refractivity contribution in [2.75, 3.05) is 11.8 Å². The molecule has 0 aliphatic heterocycles. The Morgan fingerprint density at radius 3 is 0.975 bits per heavy atom. The van der Waals surface area contributed by atoms with Crippen LogP contribution in [0.25, 0.3) is 0 Å². The van der Waals surface area contributed by atoms with Crippen molar-refractivity contribution in [3.05, 3.63) is 0 Å². The van der Waals surface area contributed by atoms with Gasteiger partial charge in [0, 0.05) is 45.7 Å². The van der Waals surface area contributed by atoms with Gasteiger partial charge in [-0.15, -0.1) is 17.6 Å². The topological polar surface area (TPSA) is 60.4 Å². The summed E-state index contributed by atoms with van der Waals surface area (Å²) in [5.41, 5.74) is 0. The number of sulfone groups is 1. The lowest BCUT2D eigenvalue weighted by Crippen LogP contribution is -2.62. The normalized spacial score (nSPS) is 13.1. The molecule has 252 valence electrons. The van der Waals surface area contributed by atoms with E-state index in [0.717, 1.165) is 0 Å². The summed E-state index contributed by atoms with van der Waals surface area (Å²) < 4.78 is 290. The molecule has 0 saturated heterocycles. The lowest BCUT2D eigenvalue weighted by Gasteiger charge is -2.34. The van der Waals surface area contributed by atoms with Crippen molar-refractivity contribution in [2.45, 2.75) is 36.7 Å². The number of Topliss-reactive ketones (excluding diaryl/α,β-unsaturated/α-hetero) is 1. The molecule has 40 heavy (non-hydrogen) atoms. The second-order valence-corrected chi connectivity index (χ2v) is 6.63. The van der Waals surface area contributed by atoms with Gasteiger partial charge in [-0.3, -0.25) is 9.53 Å². The Balaban J connectivity index is -0.000000122. The standard InChI is InChI=1S/C8H4F12O4S.CF4.5F2/c9-2-25(22,23)1-3(21)4(10,6(13,14)15)24-8(19,20)5(11,12)7(16,17)18;2-1(3,4)5;5*1-2/h1-2H2;;;;;;. The highest BCUT2D eigenvalue weighted by atomic mass is 32.2. The molecule has 0 spiro atoms. The predicted molar refractivity (Wildman–Crippen MR) is 69.9 cm³/mol. The van der Waals surface area contributed by atoms with Gasteiger partial charge in [0.05, 0.1) is 0 Å². The highest BCUT2D eigenvalue weighted by molar-refractivity contribution is 7.91. The molecule has 0 N–H and O–H groups in total. The maximum atomic E-state index is 13.5. The minimum absolute atomic E-state index is 1.80. The van der Waals surface area contributed by atoms with Crippen LogP contribution in [0.4, 0.5) is 116 Å². The van der Waals surface area contributed by atoms with Gasteiger partial charge in [-0.2, -0.15) is 48.3 Å². The van der Waals surface area contributed by atoms with Crippen molar-refractivity contribution in [3.63, 3.8) is 0 Å². The number of halogens is 26. The van der Waals surface area contributed by atoms with Crippen molar-refractivity contribution >= 4 is 15.6 Å². The first-order valence-electron chi connectivity index (χ1n) is 6.69. The van der Waals surface area contributed by atoms with Gasteiger partial charge in [-0.05, 0) is 0 Å². The van der Waals surface area contributed by atoms with Crippen molar-refractivity contribution in [2.24, 2.45) is 0 Å². The fraction of sp³-hybridized carbons (Fsp3) is 0.889. The van der Waals surface area contributed by atoms with Crippen LogP contribution in [0, 0.1) is 0 Å². The Morgan fingerprint density at radius 1 is 0.550 bits per heavy atom. The molecule has 0 rings (SSSR count). The maximum absolute atomic E-state index is 13.5. The SMILES string of the molecule is FC(F)(F)F.FF.FF.FF.FF.FF.O=C(CS(=O)(=O)CF)C(F)(OC(F)(F)C(F)(F)C(F)(F)F)C(F)(F)F.